The third kappa shape index (κ3) is 4.32. The number of aliphatic hydroxyl groups excluding tert-OH is 1. The summed E-state index contributed by atoms with van der Waals surface area (Å²) in [6.07, 6.45) is 2.02. The van der Waals surface area contributed by atoms with Crippen molar-refractivity contribution in [3.8, 4) is 0 Å². The Morgan fingerprint density at radius 2 is 1.94 bits per heavy atom. The van der Waals surface area contributed by atoms with Gasteiger partial charge in [-0.1, -0.05) is 0 Å². The van der Waals surface area contributed by atoms with E-state index in [4.69, 9.17) is 5.73 Å². The van der Waals surface area contributed by atoms with Crippen molar-refractivity contribution in [1.82, 2.24) is 10.2 Å². The maximum Gasteiger partial charge on any atom is 0.247 e. The molecule has 1 aliphatic heterocycles. The molecule has 1 rings (SSSR count). The van der Waals surface area contributed by atoms with Gasteiger partial charge in [0.1, 0.15) is 6.10 Å². The lowest BCUT2D eigenvalue weighted by Crippen LogP contribution is -2.49. The van der Waals surface area contributed by atoms with Crippen LogP contribution < -0.4 is 11.1 Å². The van der Waals surface area contributed by atoms with Crippen LogP contribution in [0.15, 0.2) is 0 Å². The van der Waals surface area contributed by atoms with Crippen LogP contribution in [0.1, 0.15) is 26.2 Å². The van der Waals surface area contributed by atoms with Crippen molar-refractivity contribution < 1.29 is 14.7 Å². The number of nitrogens with one attached hydrogen (secondary N) is 1. The van der Waals surface area contributed by atoms with E-state index in [1.54, 1.807) is 6.92 Å². The average Bonchev–Trinajstić information content (AvgIpc) is 2.35. The normalized spacial score (nSPS) is 19.8. The molecular weight excluding hydrogens is 222 g/mol. The lowest BCUT2D eigenvalue weighted by atomic mass is 10.1. The Hall–Kier alpha value is -1.14. The zero-order chi connectivity index (χ0) is 12.8. The number of rotatable bonds is 5. The first-order valence-corrected chi connectivity index (χ1v) is 6.02. The van der Waals surface area contributed by atoms with Crippen molar-refractivity contribution in [2.75, 3.05) is 19.6 Å². The second-order valence-electron chi connectivity index (χ2n) is 4.43. The number of nitrogens with two attached hydrogens (primary N) is 1. The third-order valence-electron chi connectivity index (χ3n) is 2.98. The second kappa shape index (κ2) is 6.56. The summed E-state index contributed by atoms with van der Waals surface area (Å²) < 4.78 is 0. The highest BCUT2D eigenvalue weighted by Crippen LogP contribution is 2.09. The highest BCUT2D eigenvalue weighted by Gasteiger charge is 2.22. The van der Waals surface area contributed by atoms with E-state index in [1.807, 2.05) is 4.90 Å². The predicted octanol–water partition coefficient (Wildman–Crippen LogP) is -1.18. The van der Waals surface area contributed by atoms with Crippen molar-refractivity contribution in [3.05, 3.63) is 0 Å². The van der Waals surface area contributed by atoms with Gasteiger partial charge in [0.05, 0.1) is 6.04 Å². The molecule has 17 heavy (non-hydrogen) atoms. The number of likely N-dealkylation sites (tertiary alicyclic amines) is 1. The molecule has 0 radical (unpaired) electrons. The Balaban J connectivity index is 2.33. The topological polar surface area (TPSA) is 95.7 Å². The molecule has 0 aliphatic carbocycles. The van der Waals surface area contributed by atoms with Crippen molar-refractivity contribution in [2.24, 2.45) is 5.73 Å². The fraction of sp³-hybridized carbons (Fsp3) is 0.818. The number of piperidine rings is 1. The van der Waals surface area contributed by atoms with Crippen LogP contribution in [-0.2, 0) is 9.59 Å². The highest BCUT2D eigenvalue weighted by atomic mass is 16.3. The first kappa shape index (κ1) is 13.9. The Kier molecular flexibility index (Phi) is 5.37. The first-order chi connectivity index (χ1) is 8.02. The van der Waals surface area contributed by atoms with Gasteiger partial charge >= 0.3 is 0 Å². The summed E-state index contributed by atoms with van der Waals surface area (Å²) in [7, 11) is 0. The Morgan fingerprint density at radius 3 is 2.47 bits per heavy atom. The molecule has 1 aliphatic rings. The maximum atomic E-state index is 11.9. The number of carbonyl (C=O) groups excluding carboxylic acids is 2. The molecule has 0 aromatic rings. The van der Waals surface area contributed by atoms with Crippen LogP contribution in [0.3, 0.4) is 0 Å². The van der Waals surface area contributed by atoms with Crippen molar-refractivity contribution in [2.45, 2.75) is 38.3 Å². The van der Waals surface area contributed by atoms with Gasteiger partial charge in [-0.05, 0) is 26.2 Å². The molecule has 0 saturated carbocycles. The van der Waals surface area contributed by atoms with Crippen LogP contribution in [0.2, 0.25) is 0 Å². The molecule has 6 nitrogen and oxygen atoms in total. The molecule has 2 unspecified atom stereocenters. The molecule has 6 heteroatoms. The van der Waals surface area contributed by atoms with E-state index in [0.717, 1.165) is 25.9 Å². The van der Waals surface area contributed by atoms with Gasteiger partial charge < -0.3 is 21.1 Å². The number of hydrogen-bond donors (Lipinski definition) is 3. The smallest absolute Gasteiger partial charge is 0.247 e. The summed E-state index contributed by atoms with van der Waals surface area (Å²) in [4.78, 5) is 24.4. The number of nitrogens with zero attached hydrogens (tertiary/aromatic N) is 1. The SMILES string of the molecule is CC(NCC(O)C(N)=O)C(=O)N1CCCCC1. The van der Waals surface area contributed by atoms with Crippen molar-refractivity contribution in [3.63, 3.8) is 0 Å². The Bertz CT molecular complexity index is 277. The molecule has 98 valence electrons. The van der Waals surface area contributed by atoms with Crippen molar-refractivity contribution >= 4 is 11.8 Å². The number of aliphatic hydroxyl groups is 1. The molecule has 1 heterocycles. The molecule has 1 saturated heterocycles. The summed E-state index contributed by atoms with van der Waals surface area (Å²) in [6.45, 7) is 3.33. The lowest BCUT2D eigenvalue weighted by molar-refractivity contribution is -0.134. The third-order valence-corrected chi connectivity index (χ3v) is 2.98. The van der Waals surface area contributed by atoms with E-state index in [9.17, 15) is 14.7 Å². The summed E-state index contributed by atoms with van der Waals surface area (Å²) in [6, 6.07) is -0.401. The van der Waals surface area contributed by atoms with E-state index < -0.39 is 18.1 Å². The van der Waals surface area contributed by atoms with Crippen LogP contribution in [0.4, 0.5) is 0 Å². The number of carbonyl (C=O) groups is 2. The molecule has 2 amide bonds. The van der Waals surface area contributed by atoms with Gasteiger partial charge in [0, 0.05) is 19.6 Å². The minimum absolute atomic E-state index is 0.0100. The van der Waals surface area contributed by atoms with Gasteiger partial charge in [0.15, 0.2) is 0 Å². The van der Waals surface area contributed by atoms with Crippen LogP contribution in [0.5, 0.6) is 0 Å². The second-order valence-corrected chi connectivity index (χ2v) is 4.43. The number of amides is 2. The van der Waals surface area contributed by atoms with Crippen LogP contribution in [0.25, 0.3) is 0 Å². The van der Waals surface area contributed by atoms with Crippen LogP contribution in [0, 0.1) is 0 Å². The summed E-state index contributed by atoms with van der Waals surface area (Å²) in [5, 5.41) is 12.0. The molecule has 2 atom stereocenters. The van der Waals surface area contributed by atoms with E-state index in [-0.39, 0.29) is 12.5 Å². The number of primary amides is 1. The monoisotopic (exact) mass is 243 g/mol. The largest absolute Gasteiger partial charge is 0.382 e. The van der Waals surface area contributed by atoms with E-state index in [0.29, 0.717) is 0 Å². The van der Waals surface area contributed by atoms with Crippen LogP contribution in [-0.4, -0.2) is 53.6 Å². The fourth-order valence-electron chi connectivity index (χ4n) is 1.86. The summed E-state index contributed by atoms with van der Waals surface area (Å²) in [5.74, 6) is -0.767. The fourth-order valence-corrected chi connectivity index (χ4v) is 1.86. The van der Waals surface area contributed by atoms with Gasteiger partial charge in [0.2, 0.25) is 11.8 Å². The zero-order valence-corrected chi connectivity index (χ0v) is 10.2. The minimum Gasteiger partial charge on any atom is -0.382 e. The minimum atomic E-state index is -1.24. The van der Waals surface area contributed by atoms with Gasteiger partial charge in [0.25, 0.3) is 0 Å². The van der Waals surface area contributed by atoms with Gasteiger partial charge in [-0.3, -0.25) is 9.59 Å². The first-order valence-electron chi connectivity index (χ1n) is 6.02. The maximum absolute atomic E-state index is 11.9. The zero-order valence-electron chi connectivity index (χ0n) is 10.2. The predicted molar refractivity (Wildman–Crippen MR) is 63.1 cm³/mol. The Morgan fingerprint density at radius 1 is 1.35 bits per heavy atom. The van der Waals surface area contributed by atoms with E-state index in [2.05, 4.69) is 5.32 Å². The van der Waals surface area contributed by atoms with E-state index in [1.165, 1.54) is 6.42 Å². The molecule has 0 bridgehead atoms. The molecule has 0 spiro atoms. The standard InChI is InChI=1S/C11H21N3O3/c1-8(13-7-9(15)10(12)16)11(17)14-5-3-2-4-6-14/h8-9,13,15H,2-7H2,1H3,(H2,12,16). The van der Waals surface area contributed by atoms with Crippen molar-refractivity contribution in [1.29, 1.82) is 0 Å². The average molecular weight is 243 g/mol. The molecular formula is C11H21N3O3. The van der Waals surface area contributed by atoms with Gasteiger partial charge in [-0.15, -0.1) is 0 Å². The molecule has 0 aromatic heterocycles. The number of hydrogen-bond acceptors (Lipinski definition) is 4. The van der Waals surface area contributed by atoms with Gasteiger partial charge in [-0.2, -0.15) is 0 Å². The molecule has 0 aromatic carbocycles. The molecule has 1 fully saturated rings. The quantitative estimate of drug-likeness (QED) is 0.566. The van der Waals surface area contributed by atoms with Gasteiger partial charge in [-0.25, -0.2) is 0 Å². The summed E-state index contributed by atoms with van der Waals surface area (Å²) in [5.41, 5.74) is 4.92. The van der Waals surface area contributed by atoms with Crippen LogP contribution >= 0.6 is 0 Å². The Labute approximate surface area is 101 Å². The lowest BCUT2D eigenvalue weighted by Gasteiger charge is -2.29. The highest BCUT2D eigenvalue weighted by molar-refractivity contribution is 5.82. The summed E-state index contributed by atoms with van der Waals surface area (Å²) >= 11 is 0. The van der Waals surface area contributed by atoms with E-state index >= 15 is 0 Å². The molecule has 4 N–H and O–H groups in total.